The van der Waals surface area contributed by atoms with Crippen molar-refractivity contribution in [3.05, 3.63) is 0 Å². The molecule has 0 aromatic heterocycles. The second-order valence-corrected chi connectivity index (χ2v) is 2.38. The van der Waals surface area contributed by atoms with Gasteiger partial charge in [0, 0.05) is 25.9 Å². The van der Waals surface area contributed by atoms with Crippen LogP contribution in [0.2, 0.25) is 0 Å². The molecule has 2 nitrogen and oxygen atoms in total. The fourth-order valence-electron chi connectivity index (χ4n) is 0.895. The highest BCUT2D eigenvalue weighted by Crippen LogP contribution is 2.21. The summed E-state index contributed by atoms with van der Waals surface area (Å²) < 4.78 is 24.9. The third kappa shape index (κ3) is 1.50. The predicted octanol–water partition coefficient (Wildman–Crippen LogP) is 0.574. The number of nitrogens with one attached hydrogen (secondary N) is 1. The zero-order valence-electron chi connectivity index (χ0n) is 5.49. The first-order chi connectivity index (χ1) is 4.63. The fourth-order valence-corrected chi connectivity index (χ4v) is 0.895. The second-order valence-electron chi connectivity index (χ2n) is 2.38. The Morgan fingerprint density at radius 1 is 1.40 bits per heavy atom. The van der Waals surface area contributed by atoms with Gasteiger partial charge in [0.15, 0.2) is 0 Å². The van der Waals surface area contributed by atoms with Gasteiger partial charge in [0.1, 0.15) is 0 Å². The Morgan fingerprint density at radius 2 is 2.10 bits per heavy atom. The van der Waals surface area contributed by atoms with Gasteiger partial charge in [0.05, 0.1) is 0 Å². The molecular weight excluding hydrogens is 140 g/mol. The first kappa shape index (κ1) is 7.60. The van der Waals surface area contributed by atoms with Crippen molar-refractivity contribution in [2.75, 3.05) is 13.1 Å². The van der Waals surface area contributed by atoms with E-state index < -0.39 is 11.7 Å². The average molecular weight is 149 g/mol. The number of rotatable bonds is 0. The summed E-state index contributed by atoms with van der Waals surface area (Å²) in [6, 6.07) is 0. The molecule has 0 amide bonds. The first-order valence-electron chi connectivity index (χ1n) is 3.25. The fraction of sp³-hybridized carbons (Fsp3) is 0.833. The largest absolute Gasteiger partial charge is 0.316 e. The highest BCUT2D eigenvalue weighted by Gasteiger charge is 2.38. The monoisotopic (exact) mass is 149 g/mol. The molecule has 1 aliphatic heterocycles. The van der Waals surface area contributed by atoms with Gasteiger partial charge in [-0.3, -0.25) is 4.79 Å². The molecule has 1 heterocycles. The van der Waals surface area contributed by atoms with Gasteiger partial charge in [-0.15, -0.1) is 0 Å². The lowest BCUT2D eigenvalue weighted by molar-refractivity contribution is -0.142. The molecule has 0 unspecified atom stereocenters. The van der Waals surface area contributed by atoms with E-state index in [0.717, 1.165) is 0 Å². The van der Waals surface area contributed by atoms with Crippen molar-refractivity contribution in [2.24, 2.45) is 0 Å². The van der Waals surface area contributed by atoms with E-state index in [1.165, 1.54) is 0 Å². The molecule has 0 saturated carbocycles. The first-order valence-corrected chi connectivity index (χ1v) is 3.25. The summed E-state index contributed by atoms with van der Waals surface area (Å²) in [6.07, 6.45) is -0.404. The van der Waals surface area contributed by atoms with Gasteiger partial charge in [0.2, 0.25) is 5.78 Å². The molecule has 1 N–H and O–H groups in total. The molecule has 0 spiro atoms. The molecule has 0 radical (unpaired) electrons. The van der Waals surface area contributed by atoms with Gasteiger partial charge in [0.25, 0.3) is 0 Å². The number of hydrogen-bond acceptors (Lipinski definition) is 2. The number of halogens is 2. The number of hydrogen-bond donors (Lipinski definition) is 1. The summed E-state index contributed by atoms with van der Waals surface area (Å²) in [5.74, 6) is -4.01. The van der Waals surface area contributed by atoms with E-state index >= 15 is 0 Å². The van der Waals surface area contributed by atoms with E-state index in [2.05, 4.69) is 5.32 Å². The molecule has 10 heavy (non-hydrogen) atoms. The predicted molar refractivity (Wildman–Crippen MR) is 32.1 cm³/mol. The lowest BCUT2D eigenvalue weighted by atomic mass is 10.1. The van der Waals surface area contributed by atoms with Crippen molar-refractivity contribution in [1.29, 1.82) is 0 Å². The van der Waals surface area contributed by atoms with Gasteiger partial charge >= 0.3 is 5.92 Å². The Kier molecular flexibility index (Phi) is 1.99. The van der Waals surface area contributed by atoms with E-state index in [0.29, 0.717) is 6.54 Å². The second kappa shape index (κ2) is 2.62. The molecule has 0 aromatic carbocycles. The lowest BCUT2D eigenvalue weighted by Gasteiger charge is -2.09. The Labute approximate surface area is 57.6 Å². The molecule has 1 fully saturated rings. The standard InChI is InChI=1S/C6H9F2NO/c7-6(8)2-4-9-3-1-5(6)10/h9H,1-4H2. The smallest absolute Gasteiger partial charge is 0.306 e. The Bertz CT molecular complexity index is 147. The van der Waals surface area contributed by atoms with Crippen molar-refractivity contribution in [1.82, 2.24) is 5.32 Å². The maximum absolute atomic E-state index is 12.5. The molecule has 0 aliphatic carbocycles. The highest BCUT2D eigenvalue weighted by atomic mass is 19.3. The van der Waals surface area contributed by atoms with Crippen molar-refractivity contribution in [3.63, 3.8) is 0 Å². The van der Waals surface area contributed by atoms with Crippen LogP contribution in [0, 0.1) is 0 Å². The minimum absolute atomic E-state index is 0.0486. The van der Waals surface area contributed by atoms with Crippen LogP contribution < -0.4 is 5.32 Å². The zero-order valence-corrected chi connectivity index (χ0v) is 5.49. The maximum atomic E-state index is 12.5. The van der Waals surface area contributed by atoms with Crippen LogP contribution in [-0.2, 0) is 4.79 Å². The molecule has 1 aliphatic rings. The number of alkyl halides is 2. The van der Waals surface area contributed by atoms with E-state index in [1.54, 1.807) is 0 Å². The summed E-state index contributed by atoms with van der Waals surface area (Å²) in [4.78, 5) is 10.5. The van der Waals surface area contributed by atoms with Crippen LogP contribution in [0.25, 0.3) is 0 Å². The van der Waals surface area contributed by atoms with Crippen LogP contribution in [0.4, 0.5) is 8.78 Å². The molecule has 0 aromatic rings. The Balaban J connectivity index is 2.61. The van der Waals surface area contributed by atoms with E-state index in [1.807, 2.05) is 0 Å². The van der Waals surface area contributed by atoms with E-state index in [4.69, 9.17) is 0 Å². The molecule has 0 atom stereocenters. The van der Waals surface area contributed by atoms with Crippen LogP contribution in [0.15, 0.2) is 0 Å². The van der Waals surface area contributed by atoms with Gasteiger partial charge in [-0.05, 0) is 0 Å². The van der Waals surface area contributed by atoms with Crippen LogP contribution in [0.5, 0.6) is 0 Å². The molecule has 58 valence electrons. The lowest BCUT2D eigenvalue weighted by Crippen LogP contribution is -2.27. The normalized spacial score (nSPS) is 26.0. The molecular formula is C6H9F2NO. The maximum Gasteiger partial charge on any atom is 0.306 e. The van der Waals surface area contributed by atoms with Crippen LogP contribution >= 0.6 is 0 Å². The number of carbonyl (C=O) groups is 1. The van der Waals surface area contributed by atoms with Crippen molar-refractivity contribution < 1.29 is 13.6 Å². The van der Waals surface area contributed by atoms with Crippen LogP contribution in [-0.4, -0.2) is 24.8 Å². The minimum atomic E-state index is -3.08. The quantitative estimate of drug-likeness (QED) is 0.545. The molecule has 0 bridgehead atoms. The minimum Gasteiger partial charge on any atom is -0.316 e. The van der Waals surface area contributed by atoms with Crippen molar-refractivity contribution >= 4 is 5.78 Å². The average Bonchev–Trinajstić information content (AvgIpc) is 1.96. The van der Waals surface area contributed by atoms with Crippen molar-refractivity contribution in [3.8, 4) is 0 Å². The van der Waals surface area contributed by atoms with E-state index in [9.17, 15) is 13.6 Å². The van der Waals surface area contributed by atoms with Gasteiger partial charge in [-0.1, -0.05) is 0 Å². The summed E-state index contributed by atoms with van der Waals surface area (Å²) in [5.41, 5.74) is 0. The zero-order chi connectivity index (χ0) is 7.61. The van der Waals surface area contributed by atoms with E-state index in [-0.39, 0.29) is 19.4 Å². The third-order valence-corrected chi connectivity index (χ3v) is 1.55. The molecule has 1 saturated heterocycles. The SMILES string of the molecule is O=C1CCNCCC1(F)F. The van der Waals surface area contributed by atoms with Crippen molar-refractivity contribution in [2.45, 2.75) is 18.8 Å². The summed E-state index contributed by atoms with van der Waals surface area (Å²) in [6.45, 7) is 0.618. The summed E-state index contributed by atoms with van der Waals surface area (Å²) in [5, 5.41) is 2.73. The molecule has 4 heteroatoms. The van der Waals surface area contributed by atoms with Gasteiger partial charge < -0.3 is 5.32 Å². The van der Waals surface area contributed by atoms with Crippen LogP contribution in [0.1, 0.15) is 12.8 Å². The Hall–Kier alpha value is -0.510. The summed E-state index contributed by atoms with van der Waals surface area (Å²) in [7, 11) is 0. The molecule has 1 rings (SSSR count). The third-order valence-electron chi connectivity index (χ3n) is 1.55. The number of ketones is 1. The van der Waals surface area contributed by atoms with Gasteiger partial charge in [-0.2, -0.15) is 8.78 Å². The number of carbonyl (C=O) groups excluding carboxylic acids is 1. The van der Waals surface area contributed by atoms with Gasteiger partial charge in [-0.25, -0.2) is 0 Å². The number of Topliss-reactive ketones (excluding diaryl/α,β-unsaturated/α-hetero) is 1. The highest BCUT2D eigenvalue weighted by molar-refractivity contribution is 5.85. The topological polar surface area (TPSA) is 29.1 Å². The summed E-state index contributed by atoms with van der Waals surface area (Å²) >= 11 is 0. The van der Waals surface area contributed by atoms with Crippen LogP contribution in [0.3, 0.4) is 0 Å². The Morgan fingerprint density at radius 3 is 2.80 bits per heavy atom.